The van der Waals surface area contributed by atoms with E-state index in [-0.39, 0.29) is 0 Å². The highest BCUT2D eigenvalue weighted by molar-refractivity contribution is 9.10. The number of aromatic nitrogens is 1. The third-order valence-corrected chi connectivity index (χ3v) is 3.63. The fourth-order valence-corrected chi connectivity index (χ4v) is 3.23. The lowest BCUT2D eigenvalue weighted by Gasteiger charge is -2.09. The van der Waals surface area contributed by atoms with Crippen LogP contribution in [-0.4, -0.2) is 19.8 Å². The maximum atomic E-state index is 11.8. The Balaban J connectivity index is 3.35. The zero-order chi connectivity index (χ0) is 13.4. The molecule has 0 aromatic carbocycles. The van der Waals surface area contributed by atoms with Crippen molar-refractivity contribution in [3.63, 3.8) is 0 Å². The molecular weight excluding hydrogens is 354 g/mol. The lowest BCUT2D eigenvalue weighted by molar-refractivity contribution is -0.276. The van der Waals surface area contributed by atoms with Crippen molar-refractivity contribution in [1.29, 1.82) is 0 Å². The van der Waals surface area contributed by atoms with Crippen LogP contribution in [0.4, 0.5) is 13.2 Å². The van der Waals surface area contributed by atoms with Crippen LogP contribution in [0.1, 0.15) is 0 Å². The van der Waals surface area contributed by atoms with E-state index in [4.69, 9.17) is 10.7 Å². The number of halogens is 5. The Morgan fingerprint density at radius 1 is 1.41 bits per heavy atom. The Bertz CT molecular complexity index is 596. The van der Waals surface area contributed by atoms with E-state index in [0.717, 1.165) is 0 Å². The molecule has 0 aliphatic rings. The third-order valence-electron chi connectivity index (χ3n) is 1.39. The smallest absolute Gasteiger partial charge is 0.390 e. The van der Waals surface area contributed by atoms with Gasteiger partial charge in [0.1, 0.15) is 0 Å². The third kappa shape index (κ3) is 3.89. The van der Waals surface area contributed by atoms with Gasteiger partial charge in [0.2, 0.25) is 5.88 Å². The molecule has 96 valence electrons. The molecule has 1 heterocycles. The van der Waals surface area contributed by atoms with Gasteiger partial charge in [-0.25, -0.2) is 8.42 Å². The zero-order valence-electron chi connectivity index (χ0n) is 7.51. The van der Waals surface area contributed by atoms with Crippen LogP contribution in [0.15, 0.2) is 20.2 Å². The average molecular weight is 357 g/mol. The highest BCUT2D eigenvalue weighted by Gasteiger charge is 2.32. The Morgan fingerprint density at radius 3 is 2.29 bits per heavy atom. The van der Waals surface area contributed by atoms with Gasteiger partial charge in [0, 0.05) is 21.2 Å². The fraction of sp³-hybridized carbons (Fsp3) is 0.167. The molecule has 0 saturated heterocycles. The molecular formula is C6H2BrClF3NO4S. The Morgan fingerprint density at radius 2 is 1.94 bits per heavy atom. The first kappa shape index (κ1) is 14.3. The number of H-pyrrole nitrogens is 1. The fourth-order valence-electron chi connectivity index (χ4n) is 0.901. The van der Waals surface area contributed by atoms with E-state index >= 15 is 0 Å². The van der Waals surface area contributed by atoms with E-state index in [1.54, 1.807) is 4.98 Å². The SMILES string of the molecule is O=c1[nH]c(OC(F)(F)F)cc(Br)c1S(=O)(=O)Cl. The van der Waals surface area contributed by atoms with Gasteiger partial charge in [0.05, 0.1) is 0 Å². The van der Waals surface area contributed by atoms with Crippen LogP contribution < -0.4 is 10.3 Å². The maximum absolute atomic E-state index is 11.8. The van der Waals surface area contributed by atoms with E-state index < -0.39 is 36.2 Å². The van der Waals surface area contributed by atoms with Gasteiger partial charge in [-0.1, -0.05) is 0 Å². The van der Waals surface area contributed by atoms with Crippen molar-refractivity contribution >= 4 is 35.7 Å². The van der Waals surface area contributed by atoms with Gasteiger partial charge in [-0.2, -0.15) is 0 Å². The standard InChI is InChI=1S/C6H2BrClF3NO4S/c7-2-1-3(16-6(9,10)11)12-5(13)4(2)17(8,14)15/h1H,(H,12,13). The largest absolute Gasteiger partial charge is 0.574 e. The molecule has 0 bridgehead atoms. The van der Waals surface area contributed by atoms with E-state index in [1.165, 1.54) is 0 Å². The molecule has 1 aromatic rings. The minimum atomic E-state index is -5.01. The lowest BCUT2D eigenvalue weighted by Crippen LogP contribution is -2.22. The van der Waals surface area contributed by atoms with Crippen molar-refractivity contribution in [2.75, 3.05) is 0 Å². The van der Waals surface area contributed by atoms with Crippen molar-refractivity contribution in [2.45, 2.75) is 11.3 Å². The summed E-state index contributed by atoms with van der Waals surface area (Å²) in [5.74, 6) is -0.960. The van der Waals surface area contributed by atoms with Gasteiger partial charge in [-0.05, 0) is 15.9 Å². The van der Waals surface area contributed by atoms with Crippen LogP contribution in [0.2, 0.25) is 0 Å². The summed E-state index contributed by atoms with van der Waals surface area (Å²) in [6, 6.07) is 0.629. The molecule has 1 N–H and O–H groups in total. The molecule has 0 amide bonds. The normalized spacial score (nSPS) is 12.5. The van der Waals surface area contributed by atoms with Gasteiger partial charge in [0.25, 0.3) is 14.6 Å². The van der Waals surface area contributed by atoms with Crippen LogP contribution in [0.3, 0.4) is 0 Å². The van der Waals surface area contributed by atoms with Crippen molar-refractivity contribution in [1.82, 2.24) is 4.98 Å². The molecule has 17 heavy (non-hydrogen) atoms. The zero-order valence-corrected chi connectivity index (χ0v) is 10.7. The van der Waals surface area contributed by atoms with Crippen molar-refractivity contribution in [3.05, 3.63) is 20.9 Å². The summed E-state index contributed by atoms with van der Waals surface area (Å²) in [6.07, 6.45) is -5.01. The number of pyridine rings is 1. The van der Waals surface area contributed by atoms with Gasteiger partial charge < -0.3 is 4.74 Å². The van der Waals surface area contributed by atoms with Crippen molar-refractivity contribution in [2.24, 2.45) is 0 Å². The van der Waals surface area contributed by atoms with E-state index in [2.05, 4.69) is 20.7 Å². The second-order valence-corrected chi connectivity index (χ2v) is 5.98. The molecule has 11 heteroatoms. The number of rotatable bonds is 2. The Labute approximate surface area is 105 Å². The van der Waals surface area contributed by atoms with Crippen molar-refractivity contribution < 1.29 is 26.3 Å². The minimum absolute atomic E-state index is 0.435. The van der Waals surface area contributed by atoms with Crippen LogP contribution in [0, 0.1) is 0 Å². The average Bonchev–Trinajstić information content (AvgIpc) is 1.94. The number of nitrogens with one attached hydrogen (secondary N) is 1. The maximum Gasteiger partial charge on any atom is 0.574 e. The van der Waals surface area contributed by atoms with Crippen LogP contribution in [0.25, 0.3) is 0 Å². The van der Waals surface area contributed by atoms with Gasteiger partial charge in [-0.15, -0.1) is 13.2 Å². The number of alkyl halides is 3. The molecule has 0 aliphatic carbocycles. The first-order valence-corrected chi connectivity index (χ1v) is 6.74. The molecule has 0 unspecified atom stereocenters. The first-order valence-electron chi connectivity index (χ1n) is 3.64. The molecule has 0 radical (unpaired) electrons. The monoisotopic (exact) mass is 355 g/mol. The van der Waals surface area contributed by atoms with Crippen LogP contribution in [0.5, 0.6) is 5.88 Å². The molecule has 0 aliphatic heterocycles. The first-order chi connectivity index (χ1) is 7.50. The molecule has 0 saturated carbocycles. The molecule has 1 aromatic heterocycles. The quantitative estimate of drug-likeness (QED) is 0.822. The van der Waals surface area contributed by atoms with E-state index in [9.17, 15) is 26.4 Å². The summed E-state index contributed by atoms with van der Waals surface area (Å²) in [4.78, 5) is 11.9. The summed E-state index contributed by atoms with van der Waals surface area (Å²) in [6.45, 7) is 0. The predicted molar refractivity (Wildman–Crippen MR) is 54.5 cm³/mol. The summed E-state index contributed by atoms with van der Waals surface area (Å²) in [5, 5.41) is 0. The number of hydrogen-bond acceptors (Lipinski definition) is 4. The van der Waals surface area contributed by atoms with Crippen molar-refractivity contribution in [3.8, 4) is 5.88 Å². The van der Waals surface area contributed by atoms with Gasteiger partial charge in [0.15, 0.2) is 4.90 Å². The van der Waals surface area contributed by atoms with E-state index in [1.807, 2.05) is 0 Å². The molecule has 0 atom stereocenters. The van der Waals surface area contributed by atoms with E-state index in [0.29, 0.717) is 6.07 Å². The summed E-state index contributed by atoms with van der Waals surface area (Å²) in [7, 11) is 0.534. The highest BCUT2D eigenvalue weighted by atomic mass is 79.9. The Kier molecular flexibility index (Phi) is 3.79. The molecule has 1 rings (SSSR count). The number of hydrogen-bond donors (Lipinski definition) is 1. The lowest BCUT2D eigenvalue weighted by atomic mass is 10.5. The topological polar surface area (TPSA) is 76.2 Å². The predicted octanol–water partition coefficient (Wildman–Crippen LogP) is 1.96. The minimum Gasteiger partial charge on any atom is -0.390 e. The van der Waals surface area contributed by atoms with Gasteiger partial charge in [-0.3, -0.25) is 9.78 Å². The summed E-state index contributed by atoms with van der Waals surface area (Å²) < 4.78 is 60.3. The molecule has 0 spiro atoms. The molecule has 5 nitrogen and oxygen atoms in total. The number of aromatic amines is 1. The van der Waals surface area contributed by atoms with Crippen LogP contribution >= 0.6 is 26.6 Å². The summed E-state index contributed by atoms with van der Waals surface area (Å²) in [5.41, 5.74) is -1.33. The number of ether oxygens (including phenoxy) is 1. The Hall–Kier alpha value is -0.740. The highest BCUT2D eigenvalue weighted by Crippen LogP contribution is 2.26. The van der Waals surface area contributed by atoms with Crippen LogP contribution in [-0.2, 0) is 9.05 Å². The second-order valence-electron chi connectivity index (χ2n) is 2.63. The second kappa shape index (κ2) is 4.50. The van der Waals surface area contributed by atoms with Gasteiger partial charge >= 0.3 is 6.36 Å². The molecule has 0 fully saturated rings. The summed E-state index contributed by atoms with van der Waals surface area (Å²) >= 11 is 2.61.